The summed E-state index contributed by atoms with van der Waals surface area (Å²) in [6.45, 7) is 8.30. The molecule has 27 heavy (non-hydrogen) atoms. The van der Waals surface area contributed by atoms with Crippen LogP contribution in [-0.4, -0.2) is 15.5 Å². The lowest BCUT2D eigenvalue weighted by Crippen LogP contribution is -2.28. The molecule has 0 radical (unpaired) electrons. The molecule has 6 heteroatoms. The largest absolute Gasteiger partial charge is 0.348 e. The second kappa shape index (κ2) is 7.72. The van der Waals surface area contributed by atoms with E-state index in [2.05, 4.69) is 44.6 Å². The lowest BCUT2D eigenvalue weighted by molar-refractivity contribution is 0.0952. The predicted octanol–water partition coefficient (Wildman–Crippen LogP) is 4.47. The molecule has 0 aliphatic heterocycles. The highest BCUT2D eigenvalue weighted by atomic mass is 79.9. The van der Waals surface area contributed by atoms with Gasteiger partial charge in [-0.25, -0.2) is 0 Å². The Balaban J connectivity index is 1.91. The molecule has 1 amide bonds. The van der Waals surface area contributed by atoms with Crippen LogP contribution in [0.5, 0.6) is 0 Å². The molecular formula is C21H24BrN3O2. The average Bonchev–Trinajstić information content (AvgIpc) is 3.03. The second-order valence-corrected chi connectivity index (χ2v) is 7.94. The van der Waals surface area contributed by atoms with Crippen LogP contribution < -0.4 is 10.9 Å². The first-order chi connectivity index (χ1) is 12.8. The molecule has 0 saturated carbocycles. The van der Waals surface area contributed by atoms with Crippen LogP contribution in [0.15, 0.2) is 39.7 Å². The smallest absolute Gasteiger partial charge is 0.253 e. The molecule has 3 aromatic rings. The number of benzene rings is 1. The van der Waals surface area contributed by atoms with Gasteiger partial charge in [0, 0.05) is 45.5 Å². The highest BCUT2D eigenvalue weighted by molar-refractivity contribution is 9.10. The van der Waals surface area contributed by atoms with Gasteiger partial charge in [0.05, 0.1) is 5.52 Å². The molecule has 142 valence electrons. The zero-order valence-corrected chi connectivity index (χ0v) is 17.6. The van der Waals surface area contributed by atoms with E-state index in [-0.39, 0.29) is 18.0 Å². The van der Waals surface area contributed by atoms with Gasteiger partial charge in [-0.2, -0.15) is 0 Å². The second-order valence-electron chi connectivity index (χ2n) is 7.02. The Hall–Kier alpha value is -2.34. The van der Waals surface area contributed by atoms with Gasteiger partial charge < -0.3 is 14.9 Å². The first-order valence-corrected chi connectivity index (χ1v) is 9.91. The van der Waals surface area contributed by atoms with Crippen LogP contribution >= 0.6 is 15.9 Å². The SMILES string of the molecule is CCc1cc(C)c(CNC(=O)c2cc(Br)cc3c2ccn3C(C)C)c(=O)[nH]1. The number of H-pyrrole nitrogens is 1. The Kier molecular flexibility index (Phi) is 5.56. The van der Waals surface area contributed by atoms with Gasteiger partial charge in [0.25, 0.3) is 11.5 Å². The highest BCUT2D eigenvalue weighted by Gasteiger charge is 2.16. The number of hydrogen-bond acceptors (Lipinski definition) is 2. The van der Waals surface area contributed by atoms with Crippen molar-refractivity contribution in [2.45, 2.75) is 46.7 Å². The van der Waals surface area contributed by atoms with Gasteiger partial charge in [0.2, 0.25) is 0 Å². The summed E-state index contributed by atoms with van der Waals surface area (Å²) in [6.07, 6.45) is 2.77. The third-order valence-corrected chi connectivity index (χ3v) is 5.28. The number of nitrogens with zero attached hydrogens (tertiary/aromatic N) is 1. The number of nitrogens with one attached hydrogen (secondary N) is 2. The molecule has 0 bridgehead atoms. The maximum absolute atomic E-state index is 12.9. The summed E-state index contributed by atoms with van der Waals surface area (Å²) in [4.78, 5) is 28.0. The van der Waals surface area contributed by atoms with E-state index < -0.39 is 0 Å². The molecule has 0 aliphatic rings. The lowest BCUT2D eigenvalue weighted by atomic mass is 10.1. The number of carbonyl (C=O) groups excluding carboxylic acids is 1. The van der Waals surface area contributed by atoms with E-state index in [0.717, 1.165) is 33.1 Å². The quantitative estimate of drug-likeness (QED) is 0.627. The minimum absolute atomic E-state index is 0.141. The molecule has 0 spiro atoms. The minimum Gasteiger partial charge on any atom is -0.348 e. The topological polar surface area (TPSA) is 66.9 Å². The van der Waals surface area contributed by atoms with Crippen LogP contribution in [0.3, 0.4) is 0 Å². The normalized spacial score (nSPS) is 11.3. The van der Waals surface area contributed by atoms with Crippen molar-refractivity contribution in [2.24, 2.45) is 0 Å². The Labute approximate surface area is 166 Å². The van der Waals surface area contributed by atoms with Gasteiger partial charge >= 0.3 is 0 Å². The number of carbonyl (C=O) groups is 1. The van der Waals surface area contributed by atoms with Crippen molar-refractivity contribution in [1.29, 1.82) is 0 Å². The summed E-state index contributed by atoms with van der Waals surface area (Å²) in [5.41, 5.74) is 3.84. The van der Waals surface area contributed by atoms with Gasteiger partial charge in [0.15, 0.2) is 0 Å². The number of halogens is 1. The Morgan fingerprint density at radius 2 is 2.04 bits per heavy atom. The monoisotopic (exact) mass is 429 g/mol. The minimum atomic E-state index is -0.193. The van der Waals surface area contributed by atoms with Crippen molar-refractivity contribution in [3.63, 3.8) is 0 Å². The molecule has 2 heterocycles. The summed E-state index contributed by atoms with van der Waals surface area (Å²) in [5, 5.41) is 3.80. The fourth-order valence-corrected chi connectivity index (χ4v) is 3.77. The lowest BCUT2D eigenvalue weighted by Gasteiger charge is -2.12. The first kappa shape index (κ1) is 19.4. The fraction of sp³-hybridized carbons (Fsp3) is 0.333. The van der Waals surface area contributed by atoms with Gasteiger partial charge in [-0.1, -0.05) is 22.9 Å². The van der Waals surface area contributed by atoms with Crippen LogP contribution in [0.1, 0.15) is 54.0 Å². The number of fused-ring (bicyclic) bond motifs is 1. The van der Waals surface area contributed by atoms with Crippen molar-refractivity contribution < 1.29 is 4.79 Å². The van der Waals surface area contributed by atoms with Gasteiger partial charge in [-0.3, -0.25) is 9.59 Å². The van der Waals surface area contributed by atoms with Crippen molar-refractivity contribution in [1.82, 2.24) is 14.9 Å². The molecule has 0 fully saturated rings. The van der Waals surface area contributed by atoms with E-state index in [1.165, 1.54) is 0 Å². The van der Waals surface area contributed by atoms with Crippen molar-refractivity contribution in [3.05, 3.63) is 67.7 Å². The van der Waals surface area contributed by atoms with Crippen LogP contribution in [0.4, 0.5) is 0 Å². The van der Waals surface area contributed by atoms with E-state index in [1.54, 1.807) is 0 Å². The number of aryl methyl sites for hydroxylation is 2. The molecule has 0 unspecified atom stereocenters. The first-order valence-electron chi connectivity index (χ1n) is 9.11. The predicted molar refractivity (Wildman–Crippen MR) is 112 cm³/mol. The molecule has 2 N–H and O–H groups in total. The standard InChI is InChI=1S/C21H24BrN3O2/c1-5-15-8-13(4)18(21(27)24-15)11-23-20(26)17-9-14(22)10-19-16(17)6-7-25(19)12(2)3/h6-10,12H,5,11H2,1-4H3,(H,23,26)(H,24,27). The van der Waals surface area contributed by atoms with Crippen LogP contribution in [-0.2, 0) is 13.0 Å². The maximum Gasteiger partial charge on any atom is 0.253 e. The van der Waals surface area contributed by atoms with Gasteiger partial charge in [-0.15, -0.1) is 0 Å². The third-order valence-electron chi connectivity index (χ3n) is 4.83. The molecule has 5 nitrogen and oxygen atoms in total. The number of aromatic nitrogens is 2. The number of amides is 1. The molecule has 0 aliphatic carbocycles. The molecular weight excluding hydrogens is 406 g/mol. The number of pyridine rings is 1. The molecule has 3 rings (SSSR count). The Bertz CT molecular complexity index is 1060. The highest BCUT2D eigenvalue weighted by Crippen LogP contribution is 2.27. The van der Waals surface area contributed by atoms with E-state index in [0.29, 0.717) is 17.2 Å². The van der Waals surface area contributed by atoms with Crippen molar-refractivity contribution in [3.8, 4) is 0 Å². The molecule has 0 atom stereocenters. The molecule has 0 saturated heterocycles. The van der Waals surface area contributed by atoms with Gasteiger partial charge in [-0.05, 0) is 57.0 Å². The van der Waals surface area contributed by atoms with Crippen LogP contribution in [0.25, 0.3) is 10.9 Å². The maximum atomic E-state index is 12.9. The Morgan fingerprint density at radius 3 is 2.67 bits per heavy atom. The van der Waals surface area contributed by atoms with E-state index in [9.17, 15) is 9.59 Å². The third kappa shape index (κ3) is 3.86. The van der Waals surface area contributed by atoms with Crippen molar-refractivity contribution in [2.75, 3.05) is 0 Å². The number of aromatic amines is 1. The Morgan fingerprint density at radius 1 is 1.30 bits per heavy atom. The average molecular weight is 430 g/mol. The van der Waals surface area contributed by atoms with Crippen molar-refractivity contribution >= 4 is 32.7 Å². The van der Waals surface area contributed by atoms with E-state index >= 15 is 0 Å². The number of hydrogen-bond donors (Lipinski definition) is 2. The zero-order valence-electron chi connectivity index (χ0n) is 16.0. The van der Waals surface area contributed by atoms with Gasteiger partial charge in [0.1, 0.15) is 0 Å². The summed E-state index contributed by atoms with van der Waals surface area (Å²) in [6, 6.07) is 8.06. The summed E-state index contributed by atoms with van der Waals surface area (Å²) in [5.74, 6) is -0.193. The van der Waals surface area contributed by atoms with Crippen LogP contribution in [0.2, 0.25) is 0 Å². The molecule has 1 aromatic carbocycles. The fourth-order valence-electron chi connectivity index (χ4n) is 3.32. The summed E-state index contributed by atoms with van der Waals surface area (Å²) < 4.78 is 2.98. The number of rotatable bonds is 5. The van der Waals surface area contributed by atoms with E-state index in [1.807, 2.05) is 44.3 Å². The zero-order chi connectivity index (χ0) is 19.7. The summed E-state index contributed by atoms with van der Waals surface area (Å²) in [7, 11) is 0. The van der Waals surface area contributed by atoms with E-state index in [4.69, 9.17) is 0 Å². The molecule has 2 aromatic heterocycles. The summed E-state index contributed by atoms with van der Waals surface area (Å²) >= 11 is 3.51. The van der Waals surface area contributed by atoms with Crippen LogP contribution in [0, 0.1) is 6.92 Å².